The predicted molar refractivity (Wildman–Crippen MR) is 68.5 cm³/mol. The first-order chi connectivity index (χ1) is 9.56. The summed E-state index contributed by atoms with van der Waals surface area (Å²) < 4.78 is 31.6. The number of ether oxygens (including phenoxy) is 1. The van der Waals surface area contributed by atoms with Crippen molar-refractivity contribution in [1.29, 1.82) is 0 Å². The van der Waals surface area contributed by atoms with Gasteiger partial charge in [0.25, 0.3) is 0 Å². The van der Waals surface area contributed by atoms with E-state index in [1.807, 2.05) is 0 Å². The van der Waals surface area contributed by atoms with Gasteiger partial charge in [-0.05, 0) is 23.8 Å². The van der Waals surface area contributed by atoms with Crippen LogP contribution in [-0.2, 0) is 4.74 Å². The van der Waals surface area contributed by atoms with E-state index in [0.717, 1.165) is 6.07 Å². The second-order valence-electron chi connectivity index (χ2n) is 4.04. The molecular weight excluding hydrogens is 266 g/mol. The molecule has 0 heterocycles. The zero-order valence-electron chi connectivity index (χ0n) is 10.5. The fourth-order valence-electron chi connectivity index (χ4n) is 1.91. The maximum Gasteiger partial charge on any atom is 0.337 e. The largest absolute Gasteiger partial charge is 0.465 e. The molecule has 0 aromatic heterocycles. The molecule has 2 aromatic carbocycles. The van der Waals surface area contributed by atoms with Gasteiger partial charge in [-0.15, -0.1) is 0 Å². The summed E-state index contributed by atoms with van der Waals surface area (Å²) in [5.74, 6) is -2.28. The van der Waals surface area contributed by atoms with Crippen molar-refractivity contribution < 1.29 is 23.1 Å². The Labute approximate surface area is 113 Å². The first kappa shape index (κ1) is 13.9. The number of benzene rings is 2. The Kier molecular flexibility index (Phi) is 3.89. The maximum absolute atomic E-state index is 13.9. The van der Waals surface area contributed by atoms with Crippen LogP contribution >= 0.6 is 0 Å². The van der Waals surface area contributed by atoms with Gasteiger partial charge < -0.3 is 4.74 Å². The van der Waals surface area contributed by atoms with E-state index in [1.165, 1.54) is 31.4 Å². The molecule has 0 bridgehead atoms. The molecule has 0 amide bonds. The summed E-state index contributed by atoms with van der Waals surface area (Å²) in [6.07, 6.45) is 0.367. The number of methoxy groups -OCH3 is 1. The summed E-state index contributed by atoms with van der Waals surface area (Å²) in [5.41, 5.74) is 0.342. The average molecular weight is 276 g/mol. The minimum Gasteiger partial charge on any atom is -0.465 e. The van der Waals surface area contributed by atoms with E-state index >= 15 is 0 Å². The topological polar surface area (TPSA) is 43.4 Å². The molecule has 0 saturated heterocycles. The second-order valence-corrected chi connectivity index (χ2v) is 4.04. The normalized spacial score (nSPS) is 10.2. The van der Waals surface area contributed by atoms with Crippen molar-refractivity contribution in [3.8, 4) is 11.1 Å². The molecule has 2 aromatic rings. The zero-order chi connectivity index (χ0) is 14.7. The Morgan fingerprint density at radius 2 is 1.95 bits per heavy atom. The molecule has 0 unspecified atom stereocenters. The molecule has 3 nitrogen and oxygen atoms in total. The second kappa shape index (κ2) is 5.61. The minimum absolute atomic E-state index is 0.0489. The van der Waals surface area contributed by atoms with Crippen LogP contribution in [0, 0.1) is 11.6 Å². The van der Waals surface area contributed by atoms with E-state index in [9.17, 15) is 18.4 Å². The third-order valence-electron chi connectivity index (χ3n) is 2.78. The Balaban J connectivity index is 2.62. The fraction of sp³-hybridized carbons (Fsp3) is 0.0667. The number of hydrogen-bond acceptors (Lipinski definition) is 3. The van der Waals surface area contributed by atoms with Crippen LogP contribution in [-0.4, -0.2) is 19.4 Å². The highest BCUT2D eigenvalue weighted by Gasteiger charge is 2.15. The number of rotatable bonds is 3. The van der Waals surface area contributed by atoms with Crippen LogP contribution in [0.3, 0.4) is 0 Å². The quantitative estimate of drug-likeness (QED) is 0.638. The Hall–Kier alpha value is -2.56. The molecular formula is C15H10F2O3. The molecule has 0 N–H and O–H groups in total. The highest BCUT2D eigenvalue weighted by Crippen LogP contribution is 2.28. The van der Waals surface area contributed by atoms with Crippen molar-refractivity contribution in [1.82, 2.24) is 0 Å². The zero-order valence-corrected chi connectivity index (χ0v) is 10.5. The lowest BCUT2D eigenvalue weighted by Crippen LogP contribution is -2.02. The molecule has 0 aliphatic heterocycles. The summed E-state index contributed by atoms with van der Waals surface area (Å²) in [6.45, 7) is 0. The molecule has 0 aliphatic carbocycles. The van der Waals surface area contributed by atoms with Crippen molar-refractivity contribution in [2.45, 2.75) is 0 Å². The SMILES string of the molecule is COC(=O)c1cccc(-c2c(F)cc(F)cc2C=O)c1. The van der Waals surface area contributed by atoms with Gasteiger partial charge in [-0.2, -0.15) is 0 Å². The van der Waals surface area contributed by atoms with Crippen molar-refractivity contribution in [2.75, 3.05) is 7.11 Å². The molecule has 0 fully saturated rings. The van der Waals surface area contributed by atoms with Crippen molar-refractivity contribution in [2.24, 2.45) is 0 Å². The van der Waals surface area contributed by atoms with E-state index < -0.39 is 17.6 Å². The third kappa shape index (κ3) is 2.56. The van der Waals surface area contributed by atoms with Gasteiger partial charge in [0.2, 0.25) is 0 Å². The summed E-state index contributed by atoms with van der Waals surface area (Å²) in [5, 5.41) is 0. The standard InChI is InChI=1S/C15H10F2O3/c1-20-15(19)10-4-2-3-9(5-10)14-11(8-18)6-12(16)7-13(14)17/h2-8H,1H3. The molecule has 2 rings (SSSR count). The molecule has 102 valence electrons. The van der Waals surface area contributed by atoms with Gasteiger partial charge in [0, 0.05) is 17.2 Å². The van der Waals surface area contributed by atoms with Crippen LogP contribution in [0.5, 0.6) is 0 Å². The van der Waals surface area contributed by atoms with Gasteiger partial charge in [-0.3, -0.25) is 4.79 Å². The lowest BCUT2D eigenvalue weighted by atomic mass is 9.98. The van der Waals surface area contributed by atoms with Gasteiger partial charge >= 0.3 is 5.97 Å². The molecule has 20 heavy (non-hydrogen) atoms. The first-order valence-corrected chi connectivity index (χ1v) is 5.69. The highest BCUT2D eigenvalue weighted by atomic mass is 19.1. The summed E-state index contributed by atoms with van der Waals surface area (Å²) in [6, 6.07) is 7.56. The van der Waals surface area contributed by atoms with Gasteiger partial charge in [0.05, 0.1) is 12.7 Å². The summed E-state index contributed by atoms with van der Waals surface area (Å²) in [4.78, 5) is 22.4. The van der Waals surface area contributed by atoms with E-state index in [-0.39, 0.29) is 16.7 Å². The van der Waals surface area contributed by atoms with Crippen LogP contribution in [0.4, 0.5) is 8.78 Å². The molecule has 0 atom stereocenters. The van der Waals surface area contributed by atoms with E-state index in [1.54, 1.807) is 0 Å². The van der Waals surface area contributed by atoms with E-state index in [0.29, 0.717) is 17.9 Å². The average Bonchev–Trinajstić information content (AvgIpc) is 2.45. The van der Waals surface area contributed by atoms with Crippen LogP contribution < -0.4 is 0 Å². The number of aldehydes is 1. The van der Waals surface area contributed by atoms with Crippen LogP contribution in [0.2, 0.25) is 0 Å². The van der Waals surface area contributed by atoms with E-state index in [2.05, 4.69) is 4.74 Å². The van der Waals surface area contributed by atoms with Crippen molar-refractivity contribution in [3.63, 3.8) is 0 Å². The van der Waals surface area contributed by atoms with Gasteiger partial charge in [-0.25, -0.2) is 13.6 Å². The number of carbonyl (C=O) groups excluding carboxylic acids is 2. The molecule has 5 heteroatoms. The van der Waals surface area contributed by atoms with Gasteiger partial charge in [0.15, 0.2) is 6.29 Å². The van der Waals surface area contributed by atoms with E-state index in [4.69, 9.17) is 0 Å². The number of hydrogen-bond donors (Lipinski definition) is 0. The number of halogens is 2. The molecule has 0 radical (unpaired) electrons. The molecule has 0 spiro atoms. The highest BCUT2D eigenvalue weighted by molar-refractivity contribution is 5.93. The first-order valence-electron chi connectivity index (χ1n) is 5.69. The molecule has 0 aliphatic rings. The monoisotopic (exact) mass is 276 g/mol. The Morgan fingerprint density at radius 3 is 2.60 bits per heavy atom. The smallest absolute Gasteiger partial charge is 0.337 e. The minimum atomic E-state index is -0.867. The summed E-state index contributed by atoms with van der Waals surface area (Å²) in [7, 11) is 1.23. The number of carbonyl (C=O) groups is 2. The van der Waals surface area contributed by atoms with Crippen LogP contribution in [0.25, 0.3) is 11.1 Å². The third-order valence-corrected chi connectivity index (χ3v) is 2.78. The van der Waals surface area contributed by atoms with Crippen molar-refractivity contribution >= 4 is 12.3 Å². The van der Waals surface area contributed by atoms with Crippen LogP contribution in [0.1, 0.15) is 20.7 Å². The van der Waals surface area contributed by atoms with Gasteiger partial charge in [-0.1, -0.05) is 12.1 Å². The fourth-order valence-corrected chi connectivity index (χ4v) is 1.91. The predicted octanol–water partition coefficient (Wildman–Crippen LogP) is 3.23. The van der Waals surface area contributed by atoms with Gasteiger partial charge in [0.1, 0.15) is 11.6 Å². The van der Waals surface area contributed by atoms with Crippen molar-refractivity contribution in [3.05, 3.63) is 59.2 Å². The lowest BCUT2D eigenvalue weighted by molar-refractivity contribution is 0.0600. The number of esters is 1. The maximum atomic E-state index is 13.9. The molecule has 0 saturated carbocycles. The lowest BCUT2D eigenvalue weighted by Gasteiger charge is -2.08. The summed E-state index contributed by atoms with van der Waals surface area (Å²) >= 11 is 0. The van der Waals surface area contributed by atoms with Crippen LogP contribution in [0.15, 0.2) is 36.4 Å². The Bertz CT molecular complexity index is 681. The Morgan fingerprint density at radius 1 is 1.20 bits per heavy atom.